The Morgan fingerprint density at radius 3 is 2.42 bits per heavy atom. The van der Waals surface area contributed by atoms with Gasteiger partial charge < -0.3 is 15.1 Å². The lowest BCUT2D eigenvalue weighted by Crippen LogP contribution is -2.46. The standard InChI is InChI=1S/C20H30N4OS/c1-3-20(25)21-18-4-6-19(7-5-18)26-24-14-12-23(13-15-24)16-17-8-10-22(2)11-9-17/h3-7,17H,1,8-16H2,2H3,(H,21,25). The van der Waals surface area contributed by atoms with Crippen LogP contribution in [0.2, 0.25) is 0 Å². The molecule has 26 heavy (non-hydrogen) atoms. The van der Waals surface area contributed by atoms with E-state index in [0.29, 0.717) is 0 Å². The van der Waals surface area contributed by atoms with Crippen LogP contribution in [-0.2, 0) is 4.79 Å². The molecule has 0 spiro atoms. The minimum Gasteiger partial charge on any atom is -0.323 e. The average Bonchev–Trinajstić information content (AvgIpc) is 2.66. The summed E-state index contributed by atoms with van der Waals surface area (Å²) in [4.78, 5) is 17.6. The Hall–Kier alpha value is -1.34. The van der Waals surface area contributed by atoms with Crippen molar-refractivity contribution in [2.45, 2.75) is 17.7 Å². The lowest BCUT2D eigenvalue weighted by atomic mass is 9.96. The molecule has 2 heterocycles. The van der Waals surface area contributed by atoms with Crippen molar-refractivity contribution < 1.29 is 4.79 Å². The molecule has 0 bridgehead atoms. The van der Waals surface area contributed by atoms with Gasteiger partial charge in [0.2, 0.25) is 5.91 Å². The Balaban J connectivity index is 1.39. The topological polar surface area (TPSA) is 38.8 Å². The highest BCUT2D eigenvalue weighted by Gasteiger charge is 2.23. The molecule has 0 aromatic heterocycles. The number of carbonyl (C=O) groups is 1. The summed E-state index contributed by atoms with van der Waals surface area (Å²) < 4.78 is 2.45. The summed E-state index contributed by atoms with van der Waals surface area (Å²) in [6, 6.07) is 8.02. The highest BCUT2D eigenvalue weighted by Crippen LogP contribution is 2.26. The second-order valence-corrected chi connectivity index (χ2v) is 8.46. The minimum atomic E-state index is -0.175. The zero-order chi connectivity index (χ0) is 18.4. The van der Waals surface area contributed by atoms with Crippen molar-refractivity contribution in [2.24, 2.45) is 5.92 Å². The van der Waals surface area contributed by atoms with Gasteiger partial charge >= 0.3 is 0 Å². The van der Waals surface area contributed by atoms with Gasteiger partial charge in [-0.25, -0.2) is 4.31 Å². The SMILES string of the molecule is C=CC(=O)Nc1ccc(SN2CCN(CC3CCN(C)CC3)CC2)cc1. The number of likely N-dealkylation sites (tertiary alicyclic amines) is 1. The Labute approximate surface area is 161 Å². The fourth-order valence-corrected chi connectivity index (χ4v) is 4.46. The van der Waals surface area contributed by atoms with Crippen LogP contribution in [-0.4, -0.2) is 72.9 Å². The van der Waals surface area contributed by atoms with Gasteiger partial charge in [0.15, 0.2) is 0 Å². The van der Waals surface area contributed by atoms with Gasteiger partial charge in [0.1, 0.15) is 0 Å². The van der Waals surface area contributed by atoms with E-state index in [4.69, 9.17) is 0 Å². The van der Waals surface area contributed by atoms with Gasteiger partial charge in [0, 0.05) is 43.3 Å². The van der Waals surface area contributed by atoms with Gasteiger partial charge in [0.05, 0.1) is 0 Å². The summed E-state index contributed by atoms with van der Waals surface area (Å²) in [5.74, 6) is 0.704. The number of amides is 1. The molecule has 6 heteroatoms. The van der Waals surface area contributed by atoms with Crippen LogP contribution in [0.1, 0.15) is 12.8 Å². The van der Waals surface area contributed by atoms with E-state index in [0.717, 1.165) is 37.8 Å². The maximum Gasteiger partial charge on any atom is 0.247 e. The van der Waals surface area contributed by atoms with Crippen LogP contribution in [0, 0.1) is 5.92 Å². The first-order chi connectivity index (χ1) is 12.6. The number of rotatable bonds is 6. The number of anilines is 1. The van der Waals surface area contributed by atoms with Crippen molar-refractivity contribution in [3.8, 4) is 0 Å². The van der Waals surface area contributed by atoms with Gasteiger partial charge in [-0.1, -0.05) is 6.58 Å². The van der Waals surface area contributed by atoms with E-state index in [2.05, 4.69) is 45.2 Å². The molecule has 0 atom stereocenters. The first-order valence-electron chi connectivity index (χ1n) is 9.49. The lowest BCUT2D eigenvalue weighted by Gasteiger charge is -2.37. The van der Waals surface area contributed by atoms with Crippen LogP contribution < -0.4 is 5.32 Å². The van der Waals surface area contributed by atoms with Crippen LogP contribution in [0.5, 0.6) is 0 Å². The normalized spacial score (nSPS) is 20.8. The van der Waals surface area contributed by atoms with Crippen LogP contribution in [0.3, 0.4) is 0 Å². The van der Waals surface area contributed by atoms with Gasteiger partial charge in [-0.2, -0.15) is 0 Å². The zero-order valence-electron chi connectivity index (χ0n) is 15.7. The monoisotopic (exact) mass is 374 g/mol. The second-order valence-electron chi connectivity index (χ2n) is 7.29. The molecule has 1 aromatic carbocycles. The van der Waals surface area contributed by atoms with Crippen LogP contribution in [0.4, 0.5) is 5.69 Å². The van der Waals surface area contributed by atoms with Crippen molar-refractivity contribution in [3.05, 3.63) is 36.9 Å². The summed E-state index contributed by atoms with van der Waals surface area (Å²) in [6.07, 6.45) is 3.98. The first kappa shape index (κ1) is 19.4. The number of piperazine rings is 1. The van der Waals surface area contributed by atoms with Crippen molar-refractivity contribution in [2.75, 3.05) is 58.2 Å². The molecule has 2 aliphatic rings. The molecule has 0 radical (unpaired) electrons. The fraction of sp³-hybridized carbons (Fsp3) is 0.550. The molecule has 2 saturated heterocycles. The lowest BCUT2D eigenvalue weighted by molar-refractivity contribution is -0.111. The Morgan fingerprint density at radius 2 is 1.81 bits per heavy atom. The average molecular weight is 375 g/mol. The van der Waals surface area contributed by atoms with E-state index in [-0.39, 0.29) is 5.91 Å². The van der Waals surface area contributed by atoms with Gasteiger partial charge in [-0.3, -0.25) is 4.79 Å². The van der Waals surface area contributed by atoms with E-state index in [1.165, 1.54) is 43.4 Å². The van der Waals surface area contributed by atoms with Gasteiger partial charge in [-0.05, 0) is 81.2 Å². The van der Waals surface area contributed by atoms with E-state index in [1.54, 1.807) is 0 Å². The Bertz CT molecular complexity index is 590. The maximum absolute atomic E-state index is 11.3. The van der Waals surface area contributed by atoms with E-state index in [1.807, 2.05) is 24.1 Å². The summed E-state index contributed by atoms with van der Waals surface area (Å²) in [5, 5.41) is 2.78. The van der Waals surface area contributed by atoms with Crippen molar-refractivity contribution in [1.82, 2.24) is 14.1 Å². The molecule has 0 unspecified atom stereocenters. The summed E-state index contributed by atoms with van der Waals surface area (Å²) in [6.45, 7) is 11.8. The number of hydrogen-bond donors (Lipinski definition) is 1. The Morgan fingerprint density at radius 1 is 1.15 bits per heavy atom. The number of nitrogens with one attached hydrogen (secondary N) is 1. The molecule has 1 amide bonds. The predicted molar refractivity (Wildman–Crippen MR) is 109 cm³/mol. The third-order valence-electron chi connectivity index (χ3n) is 5.23. The largest absolute Gasteiger partial charge is 0.323 e. The molecule has 2 fully saturated rings. The van der Waals surface area contributed by atoms with E-state index in [9.17, 15) is 4.79 Å². The van der Waals surface area contributed by atoms with Crippen LogP contribution in [0.15, 0.2) is 41.8 Å². The smallest absolute Gasteiger partial charge is 0.247 e. The number of piperidine rings is 1. The molecule has 3 rings (SSSR count). The summed E-state index contributed by atoms with van der Waals surface area (Å²) >= 11 is 1.81. The predicted octanol–water partition coefficient (Wildman–Crippen LogP) is 2.78. The highest BCUT2D eigenvalue weighted by atomic mass is 32.2. The molecule has 1 aromatic rings. The molecule has 5 nitrogen and oxygen atoms in total. The highest BCUT2D eigenvalue weighted by molar-refractivity contribution is 7.97. The summed E-state index contributed by atoms with van der Waals surface area (Å²) in [7, 11) is 2.23. The molecular weight excluding hydrogens is 344 g/mol. The third-order valence-corrected chi connectivity index (χ3v) is 6.33. The fourth-order valence-electron chi connectivity index (χ4n) is 3.55. The number of nitrogens with zero attached hydrogens (tertiary/aromatic N) is 3. The number of hydrogen-bond acceptors (Lipinski definition) is 5. The molecule has 0 saturated carbocycles. The Kier molecular flexibility index (Phi) is 7.14. The van der Waals surface area contributed by atoms with Crippen molar-refractivity contribution in [1.29, 1.82) is 0 Å². The number of carbonyl (C=O) groups excluding carboxylic acids is 1. The van der Waals surface area contributed by atoms with E-state index < -0.39 is 0 Å². The zero-order valence-corrected chi connectivity index (χ0v) is 16.5. The van der Waals surface area contributed by atoms with Gasteiger partial charge in [-0.15, -0.1) is 0 Å². The summed E-state index contributed by atoms with van der Waals surface area (Å²) in [5.41, 5.74) is 0.808. The van der Waals surface area contributed by atoms with Crippen LogP contribution >= 0.6 is 11.9 Å². The molecule has 2 aliphatic heterocycles. The first-order valence-corrected chi connectivity index (χ1v) is 10.3. The minimum absolute atomic E-state index is 0.175. The van der Waals surface area contributed by atoms with Crippen LogP contribution in [0.25, 0.3) is 0 Å². The second kappa shape index (κ2) is 9.55. The third kappa shape index (κ3) is 5.84. The molecular formula is C20H30N4OS. The maximum atomic E-state index is 11.3. The van der Waals surface area contributed by atoms with E-state index >= 15 is 0 Å². The molecule has 0 aliphatic carbocycles. The van der Waals surface area contributed by atoms with Crippen molar-refractivity contribution >= 4 is 23.5 Å². The number of benzene rings is 1. The molecule has 142 valence electrons. The quantitative estimate of drug-likeness (QED) is 0.612. The van der Waals surface area contributed by atoms with Crippen molar-refractivity contribution in [3.63, 3.8) is 0 Å². The van der Waals surface area contributed by atoms with Gasteiger partial charge in [0.25, 0.3) is 0 Å². The molecule has 1 N–H and O–H groups in total.